The van der Waals surface area contributed by atoms with Gasteiger partial charge in [0.2, 0.25) is 0 Å². The van der Waals surface area contributed by atoms with Gasteiger partial charge in [-0.15, -0.1) is 0 Å². The Balaban J connectivity index is 1.51. The van der Waals surface area contributed by atoms with E-state index in [2.05, 4.69) is 10.2 Å². The van der Waals surface area contributed by atoms with E-state index in [0.29, 0.717) is 11.6 Å². The molecule has 5 rings (SSSR count). The Morgan fingerprint density at radius 2 is 1.74 bits per heavy atom. The molecule has 4 bridgehead atoms. The van der Waals surface area contributed by atoms with Crippen molar-refractivity contribution in [2.75, 3.05) is 33.3 Å². The lowest BCUT2D eigenvalue weighted by Crippen LogP contribution is -2.63. The lowest BCUT2D eigenvalue weighted by Gasteiger charge is -2.61. The predicted molar refractivity (Wildman–Crippen MR) is 76.1 cm³/mol. The minimum Gasteiger partial charge on any atom is -0.374 e. The number of likely N-dealkylation sites (N-methyl/N-ethyl adjacent to an activating group) is 1. The van der Waals surface area contributed by atoms with E-state index in [4.69, 9.17) is 4.74 Å². The first-order chi connectivity index (χ1) is 9.27. The number of hydrogen-bond donors (Lipinski definition) is 1. The van der Waals surface area contributed by atoms with Crippen molar-refractivity contribution < 1.29 is 4.74 Å². The Bertz CT molecular complexity index is 306. The molecule has 3 nitrogen and oxygen atoms in total. The predicted octanol–water partition coefficient (Wildman–Crippen LogP) is 1.88. The monoisotopic (exact) mass is 264 g/mol. The SMILES string of the molecule is CNCC1CN(C23CC4CC(CC(C4)C2)C3)CCO1. The van der Waals surface area contributed by atoms with Crippen molar-refractivity contribution >= 4 is 0 Å². The molecule has 0 radical (unpaired) electrons. The van der Waals surface area contributed by atoms with Gasteiger partial charge < -0.3 is 10.1 Å². The molecular weight excluding hydrogens is 236 g/mol. The molecule has 1 heterocycles. The van der Waals surface area contributed by atoms with Gasteiger partial charge in [0.1, 0.15) is 0 Å². The maximum absolute atomic E-state index is 5.91. The third-order valence-electron chi connectivity index (χ3n) is 6.25. The average Bonchev–Trinajstić information content (AvgIpc) is 2.38. The van der Waals surface area contributed by atoms with Crippen LogP contribution < -0.4 is 5.32 Å². The van der Waals surface area contributed by atoms with Gasteiger partial charge in [-0.1, -0.05) is 0 Å². The number of hydrogen-bond acceptors (Lipinski definition) is 3. The van der Waals surface area contributed by atoms with E-state index in [9.17, 15) is 0 Å². The minimum absolute atomic E-state index is 0.409. The number of rotatable bonds is 3. The summed E-state index contributed by atoms with van der Waals surface area (Å²) < 4.78 is 5.91. The number of morpholine rings is 1. The fourth-order valence-corrected chi connectivity index (χ4v) is 5.95. The fourth-order valence-electron chi connectivity index (χ4n) is 5.95. The summed E-state index contributed by atoms with van der Waals surface area (Å²) in [5.41, 5.74) is 0.574. The van der Waals surface area contributed by atoms with Gasteiger partial charge in [-0.25, -0.2) is 0 Å². The Hall–Kier alpha value is -0.120. The molecule has 19 heavy (non-hydrogen) atoms. The van der Waals surface area contributed by atoms with E-state index in [1.807, 2.05) is 7.05 Å². The van der Waals surface area contributed by atoms with Crippen LogP contribution in [-0.4, -0.2) is 49.8 Å². The number of nitrogens with one attached hydrogen (secondary N) is 1. The van der Waals surface area contributed by atoms with Crippen molar-refractivity contribution in [2.24, 2.45) is 17.8 Å². The van der Waals surface area contributed by atoms with Gasteiger partial charge in [-0.2, -0.15) is 0 Å². The second-order valence-electron chi connectivity index (χ2n) is 7.64. The van der Waals surface area contributed by atoms with E-state index in [1.54, 1.807) is 19.3 Å². The van der Waals surface area contributed by atoms with Gasteiger partial charge in [-0.3, -0.25) is 4.90 Å². The van der Waals surface area contributed by atoms with Gasteiger partial charge in [0.05, 0.1) is 12.7 Å². The third-order valence-corrected chi connectivity index (χ3v) is 6.25. The maximum atomic E-state index is 5.91. The summed E-state index contributed by atoms with van der Waals surface area (Å²) in [7, 11) is 2.03. The van der Waals surface area contributed by atoms with Gasteiger partial charge >= 0.3 is 0 Å². The van der Waals surface area contributed by atoms with Crippen LogP contribution in [0.4, 0.5) is 0 Å². The zero-order chi connectivity index (χ0) is 12.9. The smallest absolute Gasteiger partial charge is 0.0826 e. The second-order valence-corrected chi connectivity index (χ2v) is 7.64. The van der Waals surface area contributed by atoms with E-state index in [0.717, 1.165) is 37.5 Å². The molecule has 108 valence electrons. The largest absolute Gasteiger partial charge is 0.374 e. The molecule has 0 spiro atoms. The first-order valence-corrected chi connectivity index (χ1v) is 8.29. The standard InChI is InChI=1S/C16H28N2O/c1-17-10-15-11-18(2-3-19-15)16-7-12-4-13(8-16)6-14(5-12)9-16/h12-15,17H,2-11H2,1H3. The highest BCUT2D eigenvalue weighted by Crippen LogP contribution is 2.57. The van der Waals surface area contributed by atoms with Crippen molar-refractivity contribution in [2.45, 2.75) is 50.2 Å². The molecule has 4 aliphatic carbocycles. The molecule has 3 heteroatoms. The molecular formula is C16H28N2O. The highest BCUT2D eigenvalue weighted by Gasteiger charge is 2.53. The quantitative estimate of drug-likeness (QED) is 0.842. The highest BCUT2D eigenvalue weighted by atomic mass is 16.5. The Labute approximate surface area is 117 Å². The van der Waals surface area contributed by atoms with Crippen LogP contribution in [-0.2, 0) is 4.74 Å². The Morgan fingerprint density at radius 3 is 2.32 bits per heavy atom. The van der Waals surface area contributed by atoms with E-state index in [-0.39, 0.29) is 0 Å². The molecule has 0 amide bonds. The van der Waals surface area contributed by atoms with E-state index >= 15 is 0 Å². The summed E-state index contributed by atoms with van der Waals surface area (Å²) >= 11 is 0. The molecule has 0 aromatic heterocycles. The van der Waals surface area contributed by atoms with E-state index < -0.39 is 0 Å². The molecule has 1 unspecified atom stereocenters. The van der Waals surface area contributed by atoms with E-state index in [1.165, 1.54) is 25.8 Å². The second kappa shape index (κ2) is 4.71. The lowest BCUT2D eigenvalue weighted by atomic mass is 9.52. The number of nitrogens with zero attached hydrogens (tertiary/aromatic N) is 1. The minimum atomic E-state index is 0.409. The van der Waals surface area contributed by atoms with Crippen LogP contribution in [0.2, 0.25) is 0 Å². The van der Waals surface area contributed by atoms with Crippen molar-refractivity contribution in [3.8, 4) is 0 Å². The van der Waals surface area contributed by atoms with Crippen LogP contribution in [0, 0.1) is 17.8 Å². The zero-order valence-corrected chi connectivity index (χ0v) is 12.2. The molecule has 1 atom stereocenters. The first kappa shape index (κ1) is 12.6. The summed E-state index contributed by atoms with van der Waals surface area (Å²) in [6.45, 7) is 4.27. The average molecular weight is 264 g/mol. The van der Waals surface area contributed by atoms with Crippen LogP contribution in [0.5, 0.6) is 0 Å². The number of ether oxygens (including phenoxy) is 1. The van der Waals surface area contributed by atoms with Gasteiger partial charge in [-0.05, 0) is 63.3 Å². The fraction of sp³-hybridized carbons (Fsp3) is 1.00. The van der Waals surface area contributed by atoms with Crippen molar-refractivity contribution in [1.29, 1.82) is 0 Å². The molecule has 0 aromatic rings. The Morgan fingerprint density at radius 1 is 1.11 bits per heavy atom. The molecule has 5 aliphatic rings. The summed E-state index contributed by atoms with van der Waals surface area (Å²) in [5.74, 6) is 3.16. The summed E-state index contributed by atoms with van der Waals surface area (Å²) in [5, 5.41) is 3.28. The molecule has 1 N–H and O–H groups in total. The van der Waals surface area contributed by atoms with Gasteiger partial charge in [0.25, 0.3) is 0 Å². The van der Waals surface area contributed by atoms with Crippen molar-refractivity contribution in [1.82, 2.24) is 10.2 Å². The topological polar surface area (TPSA) is 24.5 Å². The molecule has 1 aliphatic heterocycles. The maximum Gasteiger partial charge on any atom is 0.0826 e. The molecule has 4 saturated carbocycles. The molecule has 5 fully saturated rings. The first-order valence-electron chi connectivity index (χ1n) is 8.29. The normalized spacial score (nSPS) is 49.7. The third kappa shape index (κ3) is 2.14. The van der Waals surface area contributed by atoms with Crippen LogP contribution in [0.1, 0.15) is 38.5 Å². The Kier molecular flexibility index (Phi) is 3.13. The van der Waals surface area contributed by atoms with Crippen LogP contribution in [0.15, 0.2) is 0 Å². The van der Waals surface area contributed by atoms with Crippen LogP contribution in [0.25, 0.3) is 0 Å². The van der Waals surface area contributed by atoms with Gasteiger partial charge in [0.15, 0.2) is 0 Å². The molecule has 0 aromatic carbocycles. The lowest BCUT2D eigenvalue weighted by molar-refractivity contribution is -0.134. The highest BCUT2D eigenvalue weighted by molar-refractivity contribution is 5.08. The van der Waals surface area contributed by atoms with Crippen LogP contribution in [0.3, 0.4) is 0 Å². The van der Waals surface area contributed by atoms with Crippen molar-refractivity contribution in [3.63, 3.8) is 0 Å². The zero-order valence-electron chi connectivity index (χ0n) is 12.2. The summed E-state index contributed by atoms with van der Waals surface area (Å²) in [4.78, 5) is 2.84. The van der Waals surface area contributed by atoms with Crippen molar-refractivity contribution in [3.05, 3.63) is 0 Å². The van der Waals surface area contributed by atoms with Crippen LogP contribution >= 0.6 is 0 Å². The summed E-state index contributed by atoms with van der Waals surface area (Å²) in [6.07, 6.45) is 9.52. The summed E-state index contributed by atoms with van der Waals surface area (Å²) in [6, 6.07) is 0. The molecule has 1 saturated heterocycles. The van der Waals surface area contributed by atoms with Gasteiger partial charge in [0, 0.05) is 25.2 Å².